The van der Waals surface area contributed by atoms with Crippen molar-refractivity contribution in [2.24, 2.45) is 0 Å². The highest BCUT2D eigenvalue weighted by Gasteiger charge is 2.02. The first-order valence-electron chi connectivity index (χ1n) is 4.89. The molecule has 1 aliphatic heterocycles. The summed E-state index contributed by atoms with van der Waals surface area (Å²) in [4.78, 5) is 2.00. The largest absolute Gasteiger partial charge is 0.870 e. The van der Waals surface area contributed by atoms with Gasteiger partial charge < -0.3 is 30.2 Å². The molecule has 4 N–H and O–H groups in total. The van der Waals surface area contributed by atoms with E-state index in [1.165, 1.54) is 0 Å². The zero-order valence-electron chi connectivity index (χ0n) is 11.5. The first-order valence-corrected chi connectivity index (χ1v) is 4.89. The Bertz CT molecular complexity index is 108. The van der Waals surface area contributed by atoms with Gasteiger partial charge in [-0.05, 0) is 21.1 Å². The summed E-state index contributed by atoms with van der Waals surface area (Å²) >= 11 is 0. The minimum Gasteiger partial charge on any atom is -0.870 e. The lowest BCUT2D eigenvalue weighted by Crippen LogP contribution is -2.36. The molecule has 0 saturated carbocycles. The van der Waals surface area contributed by atoms with Crippen LogP contribution < -0.4 is 0 Å². The van der Waals surface area contributed by atoms with Crippen LogP contribution in [0.2, 0.25) is 0 Å². The number of epoxide rings is 1. The van der Waals surface area contributed by atoms with Gasteiger partial charge in [-0.2, -0.15) is 0 Å². The van der Waals surface area contributed by atoms with E-state index >= 15 is 0 Å². The lowest BCUT2D eigenvalue weighted by molar-refractivity contribution is -0.870. The maximum Gasteiger partial charge on any atom is 0.101 e. The number of hydrogen-bond donors (Lipinski definition) is 1. The van der Waals surface area contributed by atoms with E-state index in [1.807, 2.05) is 26.0 Å². The number of aliphatic hydroxyl groups is 1. The first-order chi connectivity index (χ1) is 6.29. The normalized spacial score (nSPS) is 12.0. The maximum absolute atomic E-state index is 8.39. The molecule has 0 atom stereocenters. The van der Waals surface area contributed by atoms with Crippen molar-refractivity contribution in [3.8, 4) is 0 Å². The van der Waals surface area contributed by atoms with Gasteiger partial charge in [0.05, 0.1) is 41.0 Å². The van der Waals surface area contributed by atoms with Gasteiger partial charge in [0, 0.05) is 0 Å². The number of ether oxygens (including phenoxy) is 1. The molecule has 0 spiro atoms. The molecule has 104 valence electrons. The van der Waals surface area contributed by atoms with Crippen LogP contribution in [0.4, 0.5) is 0 Å². The highest BCUT2D eigenvalue weighted by Crippen LogP contribution is 1.85. The number of quaternary nitrogens is 1. The summed E-state index contributed by atoms with van der Waals surface area (Å²) in [5, 5.41) is 8.39. The lowest BCUT2D eigenvalue weighted by atomic mass is 10.5. The third-order valence-corrected chi connectivity index (χ3v) is 0.975. The Balaban J connectivity index is -0.0000000688. The summed E-state index contributed by atoms with van der Waals surface area (Å²) in [6, 6.07) is 0. The monoisotopic (exact) mass is 242 g/mol. The van der Waals surface area contributed by atoms with E-state index in [4.69, 9.17) is 5.11 Å². The molecule has 0 aromatic heterocycles. The minimum absolute atomic E-state index is 0. The summed E-state index contributed by atoms with van der Waals surface area (Å²) in [6.07, 6.45) is 0. The van der Waals surface area contributed by atoms with E-state index < -0.39 is 0 Å². The van der Waals surface area contributed by atoms with Gasteiger partial charge in [-0.3, -0.25) is 0 Å². The second kappa shape index (κ2) is 14.8. The van der Waals surface area contributed by atoms with Gasteiger partial charge in [0.2, 0.25) is 0 Å². The predicted molar refractivity (Wildman–Crippen MR) is 66.0 cm³/mol. The number of rotatable bonds is 2. The van der Waals surface area contributed by atoms with Crippen molar-refractivity contribution in [2.75, 3.05) is 68.7 Å². The Morgan fingerprint density at radius 1 is 1.12 bits per heavy atom. The van der Waals surface area contributed by atoms with Crippen molar-refractivity contribution < 1.29 is 25.3 Å². The van der Waals surface area contributed by atoms with Gasteiger partial charge in [0.15, 0.2) is 0 Å². The van der Waals surface area contributed by atoms with Crippen LogP contribution in [0.1, 0.15) is 0 Å². The quantitative estimate of drug-likeness (QED) is 0.490. The van der Waals surface area contributed by atoms with Crippen LogP contribution in [0, 0.1) is 0 Å². The number of nitrogens with zero attached hydrogens (tertiary/aromatic N) is 2. The molecule has 0 aromatic rings. The van der Waals surface area contributed by atoms with Crippen LogP contribution in [0.15, 0.2) is 0 Å². The lowest BCUT2D eigenvalue weighted by Gasteiger charge is -2.21. The van der Waals surface area contributed by atoms with Crippen molar-refractivity contribution in [2.45, 2.75) is 0 Å². The molecule has 0 amide bonds. The Morgan fingerprint density at radius 3 is 1.38 bits per heavy atom. The maximum atomic E-state index is 8.39. The predicted octanol–water partition coefficient (Wildman–Crippen LogP) is -1.12. The molecule has 1 aliphatic rings. The summed E-state index contributed by atoms with van der Waals surface area (Å²) in [5.74, 6) is 0. The molecule has 0 aliphatic carbocycles. The Kier molecular flexibility index (Phi) is 22.9. The fraction of sp³-hybridized carbons (Fsp3) is 1.00. The van der Waals surface area contributed by atoms with Crippen LogP contribution >= 0.6 is 0 Å². The van der Waals surface area contributed by atoms with Crippen LogP contribution in [0.3, 0.4) is 0 Å². The van der Waals surface area contributed by atoms with E-state index in [2.05, 4.69) is 25.9 Å². The number of hydrogen-bond acceptors (Lipinski definition) is 4. The molecule has 6 nitrogen and oxygen atoms in total. The molecule has 0 unspecified atom stereocenters. The highest BCUT2D eigenvalue weighted by atomic mass is 16.6. The third kappa shape index (κ3) is 98.9. The van der Waals surface area contributed by atoms with Gasteiger partial charge in [-0.25, -0.2) is 0 Å². The molecule has 6 heteroatoms. The average Bonchev–Trinajstić information content (AvgIpc) is 2.64. The Hall–Kier alpha value is -0.240. The Morgan fingerprint density at radius 2 is 1.38 bits per heavy atom. The highest BCUT2D eigenvalue weighted by molar-refractivity contribution is 4.36. The van der Waals surface area contributed by atoms with Crippen LogP contribution in [0.5, 0.6) is 0 Å². The molecular formula is C10H30N2O4. The van der Waals surface area contributed by atoms with E-state index in [0.29, 0.717) is 0 Å². The fourth-order valence-electron chi connectivity index (χ4n) is 0.300. The summed E-state index contributed by atoms with van der Waals surface area (Å²) in [5.41, 5.74) is 0. The second-order valence-corrected chi connectivity index (χ2v) is 4.69. The van der Waals surface area contributed by atoms with E-state index in [-0.39, 0.29) is 17.6 Å². The summed E-state index contributed by atoms with van der Waals surface area (Å²) < 4.78 is 5.34. The summed E-state index contributed by atoms with van der Waals surface area (Å²) in [7, 11) is 12.2. The van der Waals surface area contributed by atoms with Crippen molar-refractivity contribution in [3.05, 3.63) is 0 Å². The molecule has 0 bridgehead atoms. The fourth-order valence-corrected chi connectivity index (χ4v) is 0.300. The first kappa shape index (κ1) is 24.8. The number of likely N-dealkylation sites (N-methyl/N-ethyl adjacent to an activating group) is 1. The van der Waals surface area contributed by atoms with Crippen molar-refractivity contribution in [3.63, 3.8) is 0 Å². The van der Waals surface area contributed by atoms with E-state index in [9.17, 15) is 0 Å². The van der Waals surface area contributed by atoms with Crippen LogP contribution in [0.25, 0.3) is 0 Å². The Labute approximate surface area is 99.6 Å². The van der Waals surface area contributed by atoms with Gasteiger partial charge in [0.1, 0.15) is 6.54 Å². The van der Waals surface area contributed by atoms with Crippen LogP contribution in [-0.2, 0) is 4.74 Å². The van der Waals surface area contributed by atoms with Crippen molar-refractivity contribution >= 4 is 0 Å². The van der Waals surface area contributed by atoms with E-state index in [0.717, 1.165) is 24.2 Å². The summed E-state index contributed by atoms with van der Waals surface area (Å²) in [6.45, 7) is 3.11. The molecule has 1 saturated heterocycles. The molecule has 16 heavy (non-hydrogen) atoms. The molecular weight excluding hydrogens is 212 g/mol. The van der Waals surface area contributed by atoms with Gasteiger partial charge in [-0.15, -0.1) is 0 Å². The zero-order chi connectivity index (χ0) is 11.6. The van der Waals surface area contributed by atoms with Gasteiger partial charge >= 0.3 is 0 Å². The molecule has 0 radical (unpaired) electrons. The second-order valence-electron chi connectivity index (χ2n) is 4.69. The van der Waals surface area contributed by atoms with Crippen LogP contribution in [-0.4, -0.2) is 94.1 Å². The molecule has 1 fully saturated rings. The molecule has 1 heterocycles. The topological polar surface area (TPSA) is 97.5 Å². The SMILES string of the molecule is C1CO1.CN(C)C.C[N+](C)(C)CCO.O.[OH-]. The number of aliphatic hydroxyl groups excluding tert-OH is 1. The minimum atomic E-state index is 0. The standard InChI is InChI=1S/C5H14NO.C3H9N.C2H4O.2H2O/c1-6(2,3)4-5-7;1-4(2)3;1-2-3-1;;/h7H,4-5H2,1-3H3;1-3H3;1-2H2;2*1H2/q+1;;;;/p-1. The van der Waals surface area contributed by atoms with Crippen molar-refractivity contribution in [1.29, 1.82) is 0 Å². The zero-order valence-corrected chi connectivity index (χ0v) is 11.5. The smallest absolute Gasteiger partial charge is 0.101 e. The average molecular weight is 242 g/mol. The van der Waals surface area contributed by atoms with Crippen molar-refractivity contribution in [1.82, 2.24) is 4.90 Å². The van der Waals surface area contributed by atoms with Gasteiger partial charge in [-0.1, -0.05) is 0 Å². The van der Waals surface area contributed by atoms with E-state index in [1.54, 1.807) is 0 Å². The third-order valence-electron chi connectivity index (χ3n) is 0.975. The van der Waals surface area contributed by atoms with Gasteiger partial charge in [0.25, 0.3) is 0 Å². The molecule has 0 aromatic carbocycles. The molecule has 1 rings (SSSR count).